The minimum atomic E-state index is 0.578. The van der Waals surface area contributed by atoms with Crippen LogP contribution in [0.5, 0.6) is 0 Å². The highest BCUT2D eigenvalue weighted by Crippen LogP contribution is 2.22. The topological polar surface area (TPSA) is 36.7 Å². The monoisotopic (exact) mass is 202 g/mol. The summed E-state index contributed by atoms with van der Waals surface area (Å²) >= 11 is 1.71. The number of thiazole rings is 1. The van der Waals surface area contributed by atoms with Crippen LogP contribution >= 0.6 is 11.3 Å². The lowest BCUT2D eigenvalue weighted by atomic mass is 10.1. The van der Waals surface area contributed by atoms with E-state index in [4.69, 9.17) is 5.26 Å². The molecule has 0 N–H and O–H groups in total. The van der Waals surface area contributed by atoms with Gasteiger partial charge >= 0.3 is 0 Å². The van der Waals surface area contributed by atoms with Crippen molar-refractivity contribution in [3.63, 3.8) is 0 Å². The Labute approximate surface area is 86.8 Å². The minimum absolute atomic E-state index is 0.578. The van der Waals surface area contributed by atoms with Crippen molar-refractivity contribution in [2.75, 3.05) is 0 Å². The molecule has 1 aromatic carbocycles. The van der Waals surface area contributed by atoms with Crippen molar-refractivity contribution in [3.05, 3.63) is 28.8 Å². The number of aromatic nitrogens is 1. The highest BCUT2D eigenvalue weighted by atomic mass is 32.1. The Morgan fingerprint density at radius 3 is 3.14 bits per heavy atom. The maximum absolute atomic E-state index is 8.48. The number of aryl methyl sites for hydroxylation is 2. The minimum Gasteiger partial charge on any atom is -0.242 e. The Kier molecular flexibility index (Phi) is 2.47. The number of hydrogen-bond donors (Lipinski definition) is 0. The van der Waals surface area contributed by atoms with Gasteiger partial charge < -0.3 is 0 Å². The zero-order chi connectivity index (χ0) is 9.97. The molecule has 14 heavy (non-hydrogen) atoms. The average molecular weight is 202 g/mol. The number of hydrogen-bond acceptors (Lipinski definition) is 3. The molecule has 0 amide bonds. The molecule has 0 atom stereocenters. The smallest absolute Gasteiger partial charge is 0.0907 e. The van der Waals surface area contributed by atoms with E-state index in [2.05, 4.69) is 29.3 Å². The first-order valence-electron chi connectivity index (χ1n) is 4.52. The second-order valence-corrected chi connectivity index (χ2v) is 4.43. The molecule has 0 aliphatic carbocycles. The van der Waals surface area contributed by atoms with Gasteiger partial charge in [0.15, 0.2) is 0 Å². The molecule has 1 aromatic heterocycles. The van der Waals surface area contributed by atoms with Crippen LogP contribution in [-0.4, -0.2) is 4.98 Å². The van der Waals surface area contributed by atoms with Gasteiger partial charge in [0.2, 0.25) is 0 Å². The number of fused-ring (bicyclic) bond motifs is 1. The molecule has 0 saturated heterocycles. The summed E-state index contributed by atoms with van der Waals surface area (Å²) in [4.78, 5) is 4.42. The van der Waals surface area contributed by atoms with Crippen LogP contribution in [-0.2, 0) is 6.42 Å². The van der Waals surface area contributed by atoms with Gasteiger partial charge in [0.05, 0.1) is 21.3 Å². The fourth-order valence-electron chi connectivity index (χ4n) is 1.44. The first-order valence-corrected chi connectivity index (χ1v) is 5.34. The fourth-order valence-corrected chi connectivity index (χ4v) is 2.25. The summed E-state index contributed by atoms with van der Waals surface area (Å²) in [6.07, 6.45) is 1.40. The van der Waals surface area contributed by atoms with Gasteiger partial charge in [-0.2, -0.15) is 5.26 Å². The van der Waals surface area contributed by atoms with E-state index in [1.54, 1.807) is 11.3 Å². The SMILES string of the molecule is Cc1nc2cc(CCC#N)ccc2s1. The molecule has 0 radical (unpaired) electrons. The Morgan fingerprint density at radius 1 is 1.50 bits per heavy atom. The van der Waals surface area contributed by atoms with E-state index >= 15 is 0 Å². The normalized spacial score (nSPS) is 10.3. The van der Waals surface area contributed by atoms with Crippen LogP contribution in [0.4, 0.5) is 0 Å². The molecule has 2 rings (SSSR count). The summed E-state index contributed by atoms with van der Waals surface area (Å²) in [6.45, 7) is 2.01. The fraction of sp³-hybridized carbons (Fsp3) is 0.273. The number of nitrogens with zero attached hydrogens (tertiary/aromatic N) is 2. The summed E-state index contributed by atoms with van der Waals surface area (Å²) in [7, 11) is 0. The lowest BCUT2D eigenvalue weighted by Crippen LogP contribution is -1.82. The zero-order valence-corrected chi connectivity index (χ0v) is 8.77. The van der Waals surface area contributed by atoms with Gasteiger partial charge in [-0.1, -0.05) is 6.07 Å². The van der Waals surface area contributed by atoms with Gasteiger partial charge in [-0.05, 0) is 31.0 Å². The van der Waals surface area contributed by atoms with Crippen LogP contribution < -0.4 is 0 Å². The summed E-state index contributed by atoms with van der Waals surface area (Å²) in [5.41, 5.74) is 2.26. The van der Waals surface area contributed by atoms with E-state index in [9.17, 15) is 0 Å². The summed E-state index contributed by atoms with van der Waals surface area (Å²) < 4.78 is 1.23. The molecule has 2 nitrogen and oxygen atoms in total. The molecular weight excluding hydrogens is 192 g/mol. The average Bonchev–Trinajstić information content (AvgIpc) is 2.54. The van der Waals surface area contributed by atoms with Crippen molar-refractivity contribution in [1.82, 2.24) is 4.98 Å². The van der Waals surface area contributed by atoms with Gasteiger partial charge in [-0.15, -0.1) is 11.3 Å². The van der Waals surface area contributed by atoms with Gasteiger partial charge in [0.1, 0.15) is 0 Å². The van der Waals surface area contributed by atoms with Crippen molar-refractivity contribution in [1.29, 1.82) is 5.26 Å². The quantitative estimate of drug-likeness (QED) is 0.750. The van der Waals surface area contributed by atoms with Crippen molar-refractivity contribution < 1.29 is 0 Å². The highest BCUT2D eigenvalue weighted by molar-refractivity contribution is 7.18. The lowest BCUT2D eigenvalue weighted by Gasteiger charge is -1.95. The molecule has 0 fully saturated rings. The van der Waals surface area contributed by atoms with E-state index < -0.39 is 0 Å². The van der Waals surface area contributed by atoms with Crippen LogP contribution in [0.25, 0.3) is 10.2 Å². The molecule has 2 aromatic rings. The van der Waals surface area contributed by atoms with Crippen molar-refractivity contribution in [3.8, 4) is 6.07 Å². The second kappa shape index (κ2) is 3.77. The third-order valence-corrected chi connectivity index (χ3v) is 3.04. The molecule has 0 unspecified atom stereocenters. The summed E-state index contributed by atoms with van der Waals surface area (Å²) in [5, 5.41) is 9.58. The third-order valence-electron chi connectivity index (χ3n) is 2.08. The van der Waals surface area contributed by atoms with Crippen molar-refractivity contribution in [2.45, 2.75) is 19.8 Å². The van der Waals surface area contributed by atoms with Crippen LogP contribution in [0, 0.1) is 18.3 Å². The van der Waals surface area contributed by atoms with Crippen molar-refractivity contribution >= 4 is 21.6 Å². The predicted octanol–water partition coefficient (Wildman–Crippen LogP) is 3.06. The molecule has 1 heterocycles. The molecule has 0 saturated carbocycles. The number of nitriles is 1. The third kappa shape index (κ3) is 1.75. The van der Waals surface area contributed by atoms with Crippen molar-refractivity contribution in [2.24, 2.45) is 0 Å². The molecular formula is C11H10N2S. The van der Waals surface area contributed by atoms with Gasteiger partial charge in [-0.3, -0.25) is 0 Å². The second-order valence-electron chi connectivity index (χ2n) is 3.19. The van der Waals surface area contributed by atoms with E-state index in [0.29, 0.717) is 6.42 Å². The highest BCUT2D eigenvalue weighted by Gasteiger charge is 2.01. The predicted molar refractivity (Wildman–Crippen MR) is 58.3 cm³/mol. The molecule has 70 valence electrons. The van der Waals surface area contributed by atoms with Gasteiger partial charge in [0.25, 0.3) is 0 Å². The van der Waals surface area contributed by atoms with Crippen LogP contribution in [0.2, 0.25) is 0 Å². The van der Waals surface area contributed by atoms with E-state index in [1.165, 1.54) is 10.3 Å². The van der Waals surface area contributed by atoms with Crippen LogP contribution in [0.3, 0.4) is 0 Å². The van der Waals surface area contributed by atoms with Gasteiger partial charge in [-0.25, -0.2) is 4.98 Å². The first kappa shape index (κ1) is 9.17. The Balaban J connectivity index is 2.36. The number of rotatable bonds is 2. The zero-order valence-electron chi connectivity index (χ0n) is 7.95. The largest absolute Gasteiger partial charge is 0.242 e. The lowest BCUT2D eigenvalue weighted by molar-refractivity contribution is 1.01. The number of benzene rings is 1. The van der Waals surface area contributed by atoms with E-state index in [0.717, 1.165) is 16.9 Å². The Bertz CT molecular complexity index is 493. The molecule has 0 spiro atoms. The Morgan fingerprint density at radius 2 is 2.36 bits per heavy atom. The first-order chi connectivity index (χ1) is 6.79. The maximum Gasteiger partial charge on any atom is 0.0907 e. The summed E-state index contributed by atoms with van der Waals surface area (Å²) in [5.74, 6) is 0. The molecule has 0 aliphatic rings. The standard InChI is InChI=1S/C11H10N2S/c1-8-13-10-7-9(3-2-6-12)4-5-11(10)14-8/h4-5,7H,2-3H2,1H3. The summed E-state index contributed by atoms with van der Waals surface area (Å²) in [6, 6.07) is 8.40. The van der Waals surface area contributed by atoms with E-state index in [1.807, 2.05) is 6.92 Å². The van der Waals surface area contributed by atoms with Crippen LogP contribution in [0.15, 0.2) is 18.2 Å². The Hall–Kier alpha value is -1.40. The van der Waals surface area contributed by atoms with Gasteiger partial charge in [0, 0.05) is 6.42 Å². The maximum atomic E-state index is 8.48. The molecule has 0 bridgehead atoms. The van der Waals surface area contributed by atoms with E-state index in [-0.39, 0.29) is 0 Å². The molecule has 0 aliphatic heterocycles. The van der Waals surface area contributed by atoms with Crippen LogP contribution in [0.1, 0.15) is 17.0 Å². The molecule has 3 heteroatoms.